The topological polar surface area (TPSA) is 24.4 Å². The number of aliphatic imine (C=N–C) groups is 1. The lowest BCUT2D eigenvalue weighted by molar-refractivity contribution is 0.572. The van der Waals surface area contributed by atoms with E-state index in [0.717, 1.165) is 0 Å². The first kappa shape index (κ1) is 11.9. The molecule has 0 saturated heterocycles. The summed E-state index contributed by atoms with van der Waals surface area (Å²) in [5, 5.41) is 4.66. The van der Waals surface area contributed by atoms with Crippen LogP contribution in [0.5, 0.6) is 0 Å². The van der Waals surface area contributed by atoms with Crippen molar-refractivity contribution in [1.82, 2.24) is 5.32 Å². The van der Waals surface area contributed by atoms with Gasteiger partial charge in [-0.3, -0.25) is 4.99 Å². The highest BCUT2D eigenvalue weighted by Crippen LogP contribution is 2.19. The van der Waals surface area contributed by atoms with Crippen molar-refractivity contribution in [3.05, 3.63) is 0 Å². The first-order valence-electron chi connectivity index (χ1n) is 5.73. The zero-order chi connectivity index (χ0) is 10.4. The molecule has 1 aliphatic rings. The van der Waals surface area contributed by atoms with Gasteiger partial charge in [-0.25, -0.2) is 0 Å². The molecule has 0 amide bonds. The van der Waals surface area contributed by atoms with E-state index < -0.39 is 0 Å². The van der Waals surface area contributed by atoms with Crippen molar-refractivity contribution in [2.45, 2.75) is 58.5 Å². The zero-order valence-electron chi connectivity index (χ0n) is 9.55. The number of thioether (sulfide) groups is 1. The Morgan fingerprint density at radius 1 is 1.57 bits per heavy atom. The predicted octanol–water partition coefficient (Wildman–Crippen LogP) is 3.04. The lowest BCUT2D eigenvalue weighted by Crippen LogP contribution is -2.29. The zero-order valence-corrected chi connectivity index (χ0v) is 10.4. The number of nitrogens with one attached hydrogen (secondary N) is 1. The van der Waals surface area contributed by atoms with E-state index in [1.807, 2.05) is 11.8 Å². The number of rotatable bonds is 5. The normalized spacial score (nSPS) is 23.4. The molecule has 1 rings (SSSR count). The van der Waals surface area contributed by atoms with Gasteiger partial charge >= 0.3 is 0 Å². The molecule has 1 heterocycles. The quantitative estimate of drug-likeness (QED) is 0.760. The Kier molecular flexibility index (Phi) is 5.38. The van der Waals surface area contributed by atoms with E-state index in [1.54, 1.807) is 0 Å². The summed E-state index contributed by atoms with van der Waals surface area (Å²) in [5.74, 6) is 1.17. The number of hydrogen-bond donors (Lipinski definition) is 1. The molecular formula is C11H22N2S. The van der Waals surface area contributed by atoms with Crippen molar-refractivity contribution >= 4 is 16.9 Å². The third-order valence-corrected chi connectivity index (χ3v) is 3.59. The molecule has 0 spiro atoms. The van der Waals surface area contributed by atoms with E-state index >= 15 is 0 Å². The second kappa shape index (κ2) is 6.33. The first-order chi connectivity index (χ1) is 6.76. The highest BCUT2D eigenvalue weighted by atomic mass is 32.2. The van der Waals surface area contributed by atoms with Crippen molar-refractivity contribution in [3.63, 3.8) is 0 Å². The maximum absolute atomic E-state index is 4.62. The molecule has 2 atom stereocenters. The Labute approximate surface area is 92.0 Å². The molecule has 3 heteroatoms. The van der Waals surface area contributed by atoms with E-state index in [-0.39, 0.29) is 0 Å². The van der Waals surface area contributed by atoms with Gasteiger partial charge in [-0.15, -0.1) is 0 Å². The molecule has 0 aromatic carbocycles. The smallest absolute Gasteiger partial charge is 0.157 e. The Morgan fingerprint density at radius 2 is 2.36 bits per heavy atom. The van der Waals surface area contributed by atoms with Gasteiger partial charge in [-0.05, 0) is 19.8 Å². The van der Waals surface area contributed by atoms with Crippen LogP contribution in [0.1, 0.15) is 46.5 Å². The summed E-state index contributed by atoms with van der Waals surface area (Å²) in [6, 6.07) is 1.14. The number of unbranched alkanes of at least 4 members (excludes halogenated alkanes) is 1. The standard InChI is InChI=1S/C11H22N2S/c1-4-6-7-9(3)12-11-13-10(5-2)8-14-11/h9-10H,4-8H2,1-3H3,(H,12,13). The lowest BCUT2D eigenvalue weighted by atomic mass is 10.1. The summed E-state index contributed by atoms with van der Waals surface area (Å²) in [6.45, 7) is 6.69. The largest absolute Gasteiger partial charge is 0.362 e. The number of amidine groups is 1. The Hall–Kier alpha value is -0.180. The molecule has 82 valence electrons. The molecule has 0 aromatic rings. The van der Waals surface area contributed by atoms with E-state index in [2.05, 4.69) is 31.1 Å². The average Bonchev–Trinajstić information content (AvgIpc) is 2.62. The Morgan fingerprint density at radius 3 is 2.93 bits per heavy atom. The molecule has 0 aliphatic carbocycles. The van der Waals surface area contributed by atoms with Gasteiger partial charge in [-0.1, -0.05) is 38.5 Å². The van der Waals surface area contributed by atoms with Crippen LogP contribution in [0.2, 0.25) is 0 Å². The minimum Gasteiger partial charge on any atom is -0.362 e. The maximum Gasteiger partial charge on any atom is 0.157 e. The monoisotopic (exact) mass is 214 g/mol. The average molecular weight is 214 g/mol. The fraction of sp³-hybridized carbons (Fsp3) is 0.909. The Balaban J connectivity index is 2.23. The summed E-state index contributed by atoms with van der Waals surface area (Å²) >= 11 is 1.88. The van der Waals surface area contributed by atoms with E-state index in [1.165, 1.54) is 36.6 Å². The van der Waals surface area contributed by atoms with Crippen LogP contribution in [0.25, 0.3) is 0 Å². The van der Waals surface area contributed by atoms with Gasteiger partial charge < -0.3 is 5.32 Å². The van der Waals surface area contributed by atoms with Crippen LogP contribution < -0.4 is 5.32 Å². The third kappa shape index (κ3) is 3.91. The van der Waals surface area contributed by atoms with Gasteiger partial charge in [0.25, 0.3) is 0 Å². The fourth-order valence-electron chi connectivity index (χ4n) is 1.50. The van der Waals surface area contributed by atoms with Crippen LogP contribution >= 0.6 is 11.8 Å². The summed E-state index contributed by atoms with van der Waals surface area (Å²) in [4.78, 5) is 4.62. The molecule has 2 nitrogen and oxygen atoms in total. The second-order valence-corrected chi connectivity index (χ2v) is 5.00. The van der Waals surface area contributed by atoms with Crippen molar-refractivity contribution in [2.24, 2.45) is 4.99 Å². The van der Waals surface area contributed by atoms with E-state index in [0.29, 0.717) is 12.1 Å². The first-order valence-corrected chi connectivity index (χ1v) is 6.72. The third-order valence-electron chi connectivity index (χ3n) is 2.54. The molecule has 2 unspecified atom stereocenters. The van der Waals surface area contributed by atoms with Crippen LogP contribution in [0.15, 0.2) is 4.99 Å². The summed E-state index contributed by atoms with van der Waals surface area (Å²) in [6.07, 6.45) is 5.01. The number of nitrogens with zero attached hydrogens (tertiary/aromatic N) is 1. The predicted molar refractivity (Wildman–Crippen MR) is 66.1 cm³/mol. The molecule has 0 radical (unpaired) electrons. The van der Waals surface area contributed by atoms with Gasteiger partial charge in [0.2, 0.25) is 0 Å². The Bertz CT molecular complexity index is 192. The molecular weight excluding hydrogens is 192 g/mol. The molecule has 1 aliphatic heterocycles. The van der Waals surface area contributed by atoms with E-state index in [9.17, 15) is 0 Å². The van der Waals surface area contributed by atoms with Gasteiger partial charge in [0.05, 0.1) is 6.04 Å². The minimum absolute atomic E-state index is 0.556. The highest BCUT2D eigenvalue weighted by Gasteiger charge is 2.17. The van der Waals surface area contributed by atoms with Crippen LogP contribution in [0, 0.1) is 0 Å². The molecule has 0 aromatic heterocycles. The fourth-order valence-corrected chi connectivity index (χ4v) is 2.67. The summed E-state index contributed by atoms with van der Waals surface area (Å²) < 4.78 is 0. The van der Waals surface area contributed by atoms with Crippen LogP contribution in [-0.2, 0) is 0 Å². The van der Waals surface area contributed by atoms with Gasteiger partial charge in [0.1, 0.15) is 0 Å². The van der Waals surface area contributed by atoms with Crippen LogP contribution in [0.4, 0.5) is 0 Å². The van der Waals surface area contributed by atoms with Crippen LogP contribution in [0.3, 0.4) is 0 Å². The second-order valence-electron chi connectivity index (χ2n) is 3.99. The summed E-state index contributed by atoms with van der Waals surface area (Å²) in [7, 11) is 0. The molecule has 1 N–H and O–H groups in total. The SMILES string of the molecule is CCCCC(C)NC1=NC(CC)CS1. The molecule has 0 fully saturated rings. The molecule has 0 saturated carbocycles. The van der Waals surface area contributed by atoms with Gasteiger partial charge in [0.15, 0.2) is 5.17 Å². The summed E-state index contributed by atoms with van der Waals surface area (Å²) in [5.41, 5.74) is 0. The van der Waals surface area contributed by atoms with Crippen molar-refractivity contribution < 1.29 is 0 Å². The van der Waals surface area contributed by atoms with Gasteiger partial charge in [-0.2, -0.15) is 0 Å². The van der Waals surface area contributed by atoms with Crippen molar-refractivity contribution in [2.75, 3.05) is 5.75 Å². The van der Waals surface area contributed by atoms with E-state index in [4.69, 9.17) is 0 Å². The minimum atomic E-state index is 0.556. The van der Waals surface area contributed by atoms with Gasteiger partial charge in [0, 0.05) is 11.8 Å². The van der Waals surface area contributed by atoms with Crippen molar-refractivity contribution in [3.8, 4) is 0 Å². The lowest BCUT2D eigenvalue weighted by Gasteiger charge is -2.13. The van der Waals surface area contributed by atoms with Crippen molar-refractivity contribution in [1.29, 1.82) is 0 Å². The van der Waals surface area contributed by atoms with Crippen LogP contribution in [-0.4, -0.2) is 23.0 Å². The molecule has 14 heavy (non-hydrogen) atoms. The maximum atomic E-state index is 4.62. The highest BCUT2D eigenvalue weighted by molar-refractivity contribution is 8.14. The number of hydrogen-bond acceptors (Lipinski definition) is 3. The molecule has 0 bridgehead atoms.